The van der Waals surface area contributed by atoms with Crippen LogP contribution in [0.2, 0.25) is 5.22 Å². The van der Waals surface area contributed by atoms with Crippen molar-refractivity contribution in [2.24, 2.45) is 0 Å². The highest BCUT2D eigenvalue weighted by molar-refractivity contribution is 6.29. The third kappa shape index (κ3) is 3.10. The summed E-state index contributed by atoms with van der Waals surface area (Å²) in [6, 6.07) is 8.32. The molecule has 0 atom stereocenters. The zero-order valence-electron chi connectivity index (χ0n) is 10.1. The number of carboxylic acids is 1. The summed E-state index contributed by atoms with van der Waals surface area (Å²) >= 11 is 5.59. The highest BCUT2D eigenvalue weighted by atomic mass is 35.5. The van der Waals surface area contributed by atoms with Crippen LogP contribution in [0.25, 0.3) is 0 Å². The number of nitrogens with zero attached hydrogens (tertiary/aromatic N) is 1. The maximum absolute atomic E-state index is 12.2. The van der Waals surface area contributed by atoms with Crippen molar-refractivity contribution in [3.05, 3.63) is 47.4 Å². The number of halogens is 1. The molecule has 0 saturated heterocycles. The van der Waals surface area contributed by atoms with E-state index in [4.69, 9.17) is 21.1 Å². The maximum Gasteiger partial charge on any atom is 0.323 e. The fourth-order valence-electron chi connectivity index (χ4n) is 1.61. The molecule has 2 N–H and O–H groups in total. The molecule has 0 unspecified atom stereocenters. The SMILES string of the molecule is O=C(O)CN(C(=O)c1ccc(Cl)o1)c1ccc(O)cc1. The third-order valence-corrected chi connectivity index (χ3v) is 2.69. The first-order valence-electron chi connectivity index (χ1n) is 5.55. The van der Waals surface area contributed by atoms with Gasteiger partial charge in [0, 0.05) is 5.69 Å². The van der Waals surface area contributed by atoms with Crippen molar-refractivity contribution in [3.8, 4) is 5.75 Å². The number of aliphatic carboxylic acids is 1. The Kier molecular flexibility index (Phi) is 3.95. The summed E-state index contributed by atoms with van der Waals surface area (Å²) < 4.78 is 4.98. The van der Waals surface area contributed by atoms with E-state index >= 15 is 0 Å². The van der Waals surface area contributed by atoms with Crippen LogP contribution in [0, 0.1) is 0 Å². The van der Waals surface area contributed by atoms with Crippen LogP contribution in [-0.2, 0) is 4.79 Å². The molecular formula is C13H10ClNO5. The minimum atomic E-state index is -1.18. The van der Waals surface area contributed by atoms with E-state index in [-0.39, 0.29) is 16.7 Å². The number of carbonyl (C=O) groups is 2. The number of phenolic OH excluding ortho intramolecular Hbond substituents is 1. The lowest BCUT2D eigenvalue weighted by Gasteiger charge is -2.19. The summed E-state index contributed by atoms with van der Waals surface area (Å²) in [6.07, 6.45) is 0. The minimum Gasteiger partial charge on any atom is -0.508 e. The topological polar surface area (TPSA) is 91.0 Å². The lowest BCUT2D eigenvalue weighted by atomic mass is 10.2. The van der Waals surface area contributed by atoms with Gasteiger partial charge in [0.1, 0.15) is 12.3 Å². The smallest absolute Gasteiger partial charge is 0.323 e. The van der Waals surface area contributed by atoms with Crippen molar-refractivity contribution in [1.82, 2.24) is 0 Å². The second-order valence-electron chi connectivity index (χ2n) is 3.91. The van der Waals surface area contributed by atoms with Gasteiger partial charge in [-0.25, -0.2) is 0 Å². The normalized spacial score (nSPS) is 10.2. The zero-order chi connectivity index (χ0) is 14.7. The molecule has 0 aliphatic heterocycles. The van der Waals surface area contributed by atoms with Gasteiger partial charge in [-0.3, -0.25) is 14.5 Å². The number of carboxylic acid groups (broad SMARTS) is 1. The summed E-state index contributed by atoms with van der Waals surface area (Å²) in [4.78, 5) is 24.1. The molecule has 1 aromatic carbocycles. The maximum atomic E-state index is 12.2. The molecule has 0 saturated carbocycles. The molecule has 2 rings (SSSR count). The first-order valence-corrected chi connectivity index (χ1v) is 5.93. The molecule has 6 nitrogen and oxygen atoms in total. The second-order valence-corrected chi connectivity index (χ2v) is 4.28. The van der Waals surface area contributed by atoms with Crippen molar-refractivity contribution in [3.63, 3.8) is 0 Å². The highest BCUT2D eigenvalue weighted by Gasteiger charge is 2.23. The van der Waals surface area contributed by atoms with Gasteiger partial charge < -0.3 is 14.6 Å². The Hall–Kier alpha value is -2.47. The Morgan fingerprint density at radius 2 is 1.80 bits per heavy atom. The van der Waals surface area contributed by atoms with E-state index in [1.807, 2.05) is 0 Å². The van der Waals surface area contributed by atoms with E-state index in [9.17, 15) is 14.7 Å². The number of carbonyl (C=O) groups excluding carboxylic acids is 1. The van der Waals surface area contributed by atoms with E-state index in [1.165, 1.54) is 36.4 Å². The van der Waals surface area contributed by atoms with Crippen LogP contribution in [0.3, 0.4) is 0 Å². The van der Waals surface area contributed by atoms with Gasteiger partial charge in [-0.15, -0.1) is 0 Å². The molecule has 1 heterocycles. The fourth-order valence-corrected chi connectivity index (χ4v) is 1.76. The van der Waals surface area contributed by atoms with Gasteiger partial charge in [0.25, 0.3) is 5.91 Å². The molecule has 7 heteroatoms. The van der Waals surface area contributed by atoms with E-state index in [0.29, 0.717) is 5.69 Å². The number of amides is 1. The number of anilines is 1. The molecular weight excluding hydrogens is 286 g/mol. The Morgan fingerprint density at radius 3 is 2.30 bits per heavy atom. The van der Waals surface area contributed by atoms with Gasteiger partial charge in [-0.1, -0.05) is 0 Å². The van der Waals surface area contributed by atoms with Gasteiger partial charge in [0.2, 0.25) is 0 Å². The first-order chi connectivity index (χ1) is 9.47. The van der Waals surface area contributed by atoms with Crippen LogP contribution in [0.15, 0.2) is 40.8 Å². The number of furan rings is 1. The van der Waals surface area contributed by atoms with E-state index in [0.717, 1.165) is 4.90 Å². The largest absolute Gasteiger partial charge is 0.508 e. The second kappa shape index (κ2) is 5.66. The molecule has 0 radical (unpaired) electrons. The van der Waals surface area contributed by atoms with E-state index in [1.54, 1.807) is 0 Å². The van der Waals surface area contributed by atoms with Gasteiger partial charge in [0.05, 0.1) is 0 Å². The van der Waals surface area contributed by atoms with Crippen LogP contribution in [0.5, 0.6) is 5.75 Å². The van der Waals surface area contributed by atoms with Crippen LogP contribution < -0.4 is 4.90 Å². The molecule has 20 heavy (non-hydrogen) atoms. The number of rotatable bonds is 4. The lowest BCUT2D eigenvalue weighted by molar-refractivity contribution is -0.135. The van der Waals surface area contributed by atoms with E-state index in [2.05, 4.69) is 0 Å². The average Bonchev–Trinajstić information content (AvgIpc) is 2.83. The van der Waals surface area contributed by atoms with Crippen molar-refractivity contribution in [2.45, 2.75) is 0 Å². The van der Waals surface area contributed by atoms with Crippen LogP contribution in [-0.4, -0.2) is 28.6 Å². The third-order valence-electron chi connectivity index (χ3n) is 2.48. The molecule has 1 aromatic heterocycles. The van der Waals surface area contributed by atoms with Crippen LogP contribution in [0.1, 0.15) is 10.6 Å². The monoisotopic (exact) mass is 295 g/mol. The van der Waals surface area contributed by atoms with Crippen molar-refractivity contribution in [1.29, 1.82) is 0 Å². The van der Waals surface area contributed by atoms with Crippen molar-refractivity contribution in [2.75, 3.05) is 11.4 Å². The number of aromatic hydroxyl groups is 1. The summed E-state index contributed by atoms with van der Waals surface area (Å²) in [5.41, 5.74) is 0.322. The molecule has 2 aromatic rings. The first kappa shape index (κ1) is 14.0. The van der Waals surface area contributed by atoms with Gasteiger partial charge in [-0.2, -0.15) is 0 Å². The number of benzene rings is 1. The number of hydrogen-bond acceptors (Lipinski definition) is 4. The number of hydrogen-bond donors (Lipinski definition) is 2. The Bertz CT molecular complexity index is 634. The predicted octanol–water partition coefficient (Wildman–Crippen LogP) is 2.37. The lowest BCUT2D eigenvalue weighted by Crippen LogP contribution is -2.35. The molecule has 1 amide bonds. The summed E-state index contributed by atoms with van der Waals surface area (Å²) in [5.74, 6) is -1.86. The Labute approximate surface area is 118 Å². The molecule has 0 aliphatic rings. The van der Waals surface area contributed by atoms with Gasteiger partial charge >= 0.3 is 5.97 Å². The summed E-state index contributed by atoms with van der Waals surface area (Å²) in [6.45, 7) is -0.540. The number of phenols is 1. The molecule has 0 spiro atoms. The molecule has 104 valence electrons. The molecule has 0 aliphatic carbocycles. The molecule has 0 fully saturated rings. The summed E-state index contributed by atoms with van der Waals surface area (Å²) in [7, 11) is 0. The minimum absolute atomic E-state index is 0.0116. The fraction of sp³-hybridized carbons (Fsp3) is 0.0769. The predicted molar refractivity (Wildman–Crippen MR) is 71.1 cm³/mol. The summed E-state index contributed by atoms with van der Waals surface area (Å²) in [5, 5.41) is 18.2. The van der Waals surface area contributed by atoms with Gasteiger partial charge in [0.15, 0.2) is 11.0 Å². The van der Waals surface area contributed by atoms with Gasteiger partial charge in [-0.05, 0) is 48.0 Å². The van der Waals surface area contributed by atoms with Crippen molar-refractivity contribution >= 4 is 29.2 Å². The Morgan fingerprint density at radius 1 is 1.15 bits per heavy atom. The quantitative estimate of drug-likeness (QED) is 0.903. The standard InChI is InChI=1S/C13H10ClNO5/c14-11-6-5-10(20-11)13(19)15(7-12(17)18)8-1-3-9(16)4-2-8/h1-6,16H,7H2,(H,17,18). The highest BCUT2D eigenvalue weighted by Crippen LogP contribution is 2.22. The average molecular weight is 296 g/mol. The van der Waals surface area contributed by atoms with E-state index < -0.39 is 18.4 Å². The zero-order valence-corrected chi connectivity index (χ0v) is 10.9. The van der Waals surface area contributed by atoms with Crippen LogP contribution in [0.4, 0.5) is 5.69 Å². The Balaban J connectivity index is 2.34. The molecule has 0 bridgehead atoms. The van der Waals surface area contributed by atoms with Crippen molar-refractivity contribution < 1.29 is 24.2 Å². The van der Waals surface area contributed by atoms with Crippen LogP contribution >= 0.6 is 11.6 Å².